The van der Waals surface area contributed by atoms with Crippen LogP contribution in [0, 0.1) is 0 Å². The molecule has 1 amide bonds. The molecular weight excluding hydrogens is 262 g/mol. The van der Waals surface area contributed by atoms with E-state index in [1.165, 1.54) is 70.6 Å². The molecule has 0 heterocycles. The zero-order chi connectivity index (χ0) is 15.6. The van der Waals surface area contributed by atoms with Crippen molar-refractivity contribution in [1.29, 1.82) is 0 Å². The lowest BCUT2D eigenvalue weighted by Crippen LogP contribution is -2.17. The van der Waals surface area contributed by atoms with E-state index in [4.69, 9.17) is 5.21 Å². The number of hydrogen-bond acceptors (Lipinski definition) is 2. The lowest BCUT2D eigenvalue weighted by molar-refractivity contribution is -0.129. The van der Waals surface area contributed by atoms with Crippen LogP contribution in [0.1, 0.15) is 96.8 Å². The van der Waals surface area contributed by atoms with Gasteiger partial charge in [0.15, 0.2) is 0 Å². The molecular formula is C18H35NO2. The van der Waals surface area contributed by atoms with Crippen molar-refractivity contribution in [2.45, 2.75) is 96.8 Å². The van der Waals surface area contributed by atoms with Crippen LogP contribution in [0.3, 0.4) is 0 Å². The number of amides is 1. The SMILES string of the molecule is CCCCCCCC/C=C\CCCCCCCC(=O)NO. The molecule has 0 aliphatic rings. The van der Waals surface area contributed by atoms with E-state index in [1.54, 1.807) is 5.48 Å². The van der Waals surface area contributed by atoms with Gasteiger partial charge in [-0.25, -0.2) is 5.48 Å². The standard InChI is InChI=1S/C18H35NO2/c1-2-3-4-5-6-7-8-9-10-11-12-13-14-15-16-17-18(20)19-21/h9-10,21H,2-8,11-17H2,1H3,(H,19,20)/b10-9-. The van der Waals surface area contributed by atoms with Crippen LogP contribution in [0.4, 0.5) is 0 Å². The Morgan fingerprint density at radius 1 is 0.810 bits per heavy atom. The minimum absolute atomic E-state index is 0.271. The molecule has 0 aliphatic carbocycles. The third kappa shape index (κ3) is 17.1. The summed E-state index contributed by atoms with van der Waals surface area (Å²) in [5.74, 6) is -0.271. The normalized spacial score (nSPS) is 11.1. The van der Waals surface area contributed by atoms with Crippen LogP contribution in [-0.4, -0.2) is 11.1 Å². The predicted molar refractivity (Wildman–Crippen MR) is 89.4 cm³/mol. The summed E-state index contributed by atoms with van der Waals surface area (Å²) in [6.45, 7) is 2.26. The Hall–Kier alpha value is -0.830. The molecule has 0 aromatic carbocycles. The van der Waals surface area contributed by atoms with Gasteiger partial charge in [-0.1, -0.05) is 70.4 Å². The summed E-state index contributed by atoms with van der Waals surface area (Å²) in [4.78, 5) is 10.8. The van der Waals surface area contributed by atoms with Gasteiger partial charge in [0.25, 0.3) is 0 Å². The summed E-state index contributed by atoms with van der Waals surface area (Å²) in [7, 11) is 0. The zero-order valence-electron chi connectivity index (χ0n) is 13.9. The lowest BCUT2D eigenvalue weighted by Gasteiger charge is -2.00. The Morgan fingerprint density at radius 3 is 1.81 bits per heavy atom. The van der Waals surface area contributed by atoms with Gasteiger partial charge in [-0.3, -0.25) is 10.0 Å². The van der Waals surface area contributed by atoms with Crippen LogP contribution in [0.5, 0.6) is 0 Å². The first kappa shape index (κ1) is 20.2. The van der Waals surface area contributed by atoms with Crippen molar-refractivity contribution < 1.29 is 10.0 Å². The predicted octanol–water partition coefficient (Wildman–Crippen LogP) is 5.53. The number of rotatable bonds is 15. The van der Waals surface area contributed by atoms with Crippen LogP contribution in [-0.2, 0) is 4.79 Å². The highest BCUT2D eigenvalue weighted by atomic mass is 16.5. The third-order valence-electron chi connectivity index (χ3n) is 3.79. The Balaban J connectivity index is 3.10. The Morgan fingerprint density at radius 2 is 1.29 bits per heavy atom. The number of allylic oxidation sites excluding steroid dienone is 2. The first-order valence-corrected chi connectivity index (χ1v) is 8.89. The smallest absolute Gasteiger partial charge is 0.243 e. The first-order valence-electron chi connectivity index (χ1n) is 8.89. The van der Waals surface area contributed by atoms with Gasteiger partial charge in [0.2, 0.25) is 5.91 Å². The number of carbonyl (C=O) groups is 1. The summed E-state index contributed by atoms with van der Waals surface area (Å²) in [5, 5.41) is 8.34. The van der Waals surface area contributed by atoms with Gasteiger partial charge < -0.3 is 0 Å². The maximum atomic E-state index is 10.8. The van der Waals surface area contributed by atoms with Crippen molar-refractivity contribution in [2.75, 3.05) is 0 Å². The highest BCUT2D eigenvalue weighted by molar-refractivity contribution is 5.74. The minimum Gasteiger partial charge on any atom is -0.289 e. The maximum absolute atomic E-state index is 10.8. The molecule has 124 valence electrons. The second kappa shape index (κ2) is 17.2. The van der Waals surface area contributed by atoms with Gasteiger partial charge in [0.05, 0.1) is 0 Å². The van der Waals surface area contributed by atoms with E-state index < -0.39 is 0 Å². The second-order valence-corrected chi connectivity index (χ2v) is 5.87. The molecule has 0 aromatic rings. The third-order valence-corrected chi connectivity index (χ3v) is 3.79. The summed E-state index contributed by atoms with van der Waals surface area (Å²) < 4.78 is 0. The Kier molecular flexibility index (Phi) is 16.5. The molecule has 0 aliphatic heterocycles. The number of hydroxylamine groups is 1. The van der Waals surface area contributed by atoms with Crippen molar-refractivity contribution in [3.8, 4) is 0 Å². The lowest BCUT2D eigenvalue weighted by atomic mass is 10.1. The van der Waals surface area contributed by atoms with Crippen molar-refractivity contribution >= 4 is 5.91 Å². The van der Waals surface area contributed by atoms with Gasteiger partial charge in [-0.2, -0.15) is 0 Å². The Bertz CT molecular complexity index is 252. The molecule has 0 atom stereocenters. The van der Waals surface area contributed by atoms with E-state index >= 15 is 0 Å². The number of unbranched alkanes of at least 4 members (excludes halogenated alkanes) is 11. The van der Waals surface area contributed by atoms with Crippen molar-refractivity contribution in [3.63, 3.8) is 0 Å². The van der Waals surface area contributed by atoms with Gasteiger partial charge in [0, 0.05) is 6.42 Å². The number of carbonyl (C=O) groups excluding carboxylic acids is 1. The fourth-order valence-corrected chi connectivity index (χ4v) is 2.41. The first-order chi connectivity index (χ1) is 10.3. The second-order valence-electron chi connectivity index (χ2n) is 5.87. The van der Waals surface area contributed by atoms with Gasteiger partial charge in [-0.15, -0.1) is 0 Å². The van der Waals surface area contributed by atoms with E-state index in [0.717, 1.165) is 12.8 Å². The molecule has 3 heteroatoms. The van der Waals surface area contributed by atoms with Crippen LogP contribution >= 0.6 is 0 Å². The van der Waals surface area contributed by atoms with E-state index in [1.807, 2.05) is 0 Å². The summed E-state index contributed by atoms with van der Waals surface area (Å²) >= 11 is 0. The fraction of sp³-hybridized carbons (Fsp3) is 0.833. The fourth-order valence-electron chi connectivity index (χ4n) is 2.41. The average molecular weight is 297 g/mol. The Labute approximate surface area is 131 Å². The van der Waals surface area contributed by atoms with Gasteiger partial charge >= 0.3 is 0 Å². The molecule has 0 saturated carbocycles. The zero-order valence-corrected chi connectivity index (χ0v) is 13.9. The van der Waals surface area contributed by atoms with Gasteiger partial charge in [0.1, 0.15) is 0 Å². The molecule has 0 fully saturated rings. The van der Waals surface area contributed by atoms with Crippen molar-refractivity contribution in [1.82, 2.24) is 5.48 Å². The number of nitrogens with one attached hydrogen (secondary N) is 1. The van der Waals surface area contributed by atoms with Crippen LogP contribution in [0.2, 0.25) is 0 Å². The van der Waals surface area contributed by atoms with E-state index in [0.29, 0.717) is 6.42 Å². The van der Waals surface area contributed by atoms with Crippen LogP contribution in [0.25, 0.3) is 0 Å². The van der Waals surface area contributed by atoms with Crippen LogP contribution < -0.4 is 5.48 Å². The van der Waals surface area contributed by atoms with Crippen LogP contribution in [0.15, 0.2) is 12.2 Å². The molecule has 0 rings (SSSR count). The highest BCUT2D eigenvalue weighted by Crippen LogP contribution is 2.09. The molecule has 2 N–H and O–H groups in total. The molecule has 0 bridgehead atoms. The summed E-state index contributed by atoms with van der Waals surface area (Å²) in [5.41, 5.74) is 1.67. The molecule has 3 nitrogen and oxygen atoms in total. The molecule has 0 saturated heterocycles. The summed E-state index contributed by atoms with van der Waals surface area (Å²) in [6, 6.07) is 0. The van der Waals surface area contributed by atoms with E-state index in [9.17, 15) is 4.79 Å². The molecule has 0 unspecified atom stereocenters. The van der Waals surface area contributed by atoms with Crippen molar-refractivity contribution in [2.24, 2.45) is 0 Å². The average Bonchev–Trinajstić information content (AvgIpc) is 2.50. The van der Waals surface area contributed by atoms with E-state index in [2.05, 4.69) is 19.1 Å². The quantitative estimate of drug-likeness (QED) is 0.181. The molecule has 21 heavy (non-hydrogen) atoms. The van der Waals surface area contributed by atoms with Crippen molar-refractivity contribution in [3.05, 3.63) is 12.2 Å². The molecule has 0 aromatic heterocycles. The molecule has 0 spiro atoms. The summed E-state index contributed by atoms with van der Waals surface area (Å²) in [6.07, 6.45) is 21.4. The monoisotopic (exact) mass is 297 g/mol. The van der Waals surface area contributed by atoms with E-state index in [-0.39, 0.29) is 5.91 Å². The van der Waals surface area contributed by atoms with Gasteiger partial charge in [-0.05, 0) is 32.1 Å². The minimum atomic E-state index is -0.271. The molecule has 0 radical (unpaired) electrons. The highest BCUT2D eigenvalue weighted by Gasteiger charge is 1.97. The topological polar surface area (TPSA) is 49.3 Å². The maximum Gasteiger partial charge on any atom is 0.243 e. The largest absolute Gasteiger partial charge is 0.289 e. The number of hydrogen-bond donors (Lipinski definition) is 2.